The molecule has 0 atom stereocenters. The molecule has 0 N–H and O–H groups in total. The molecule has 0 aliphatic rings. The molecule has 0 aliphatic carbocycles. The maximum absolute atomic E-state index is 3.79. The van der Waals surface area contributed by atoms with Crippen LogP contribution < -0.4 is 0 Å². The summed E-state index contributed by atoms with van der Waals surface area (Å²) in [5.41, 5.74) is 1.12. The van der Waals surface area contributed by atoms with Crippen molar-refractivity contribution in [1.82, 2.24) is 0 Å². The van der Waals surface area contributed by atoms with Crippen molar-refractivity contribution in [3.8, 4) is 0 Å². The van der Waals surface area contributed by atoms with Gasteiger partial charge in [0.1, 0.15) is 0 Å². The lowest BCUT2D eigenvalue weighted by Gasteiger charge is -1.89. The SMILES string of the molecule is C=C/C=C/CCC/C=C/C(=C)C. The number of unbranched alkanes of at least 4 members (excludes halogenated alkanes) is 2. The molecule has 0 unspecified atom stereocenters. The third-order valence-corrected chi connectivity index (χ3v) is 1.42. The zero-order valence-corrected chi connectivity index (χ0v) is 7.92. The molecular formula is C12H18. The molecule has 0 aromatic heterocycles. The highest BCUT2D eigenvalue weighted by molar-refractivity contribution is 5.10. The molecule has 0 radical (unpaired) electrons. The number of rotatable bonds is 6. The van der Waals surface area contributed by atoms with E-state index in [-0.39, 0.29) is 0 Å². The first-order chi connectivity index (χ1) is 5.77. The van der Waals surface area contributed by atoms with Gasteiger partial charge in [-0.2, -0.15) is 0 Å². The first kappa shape index (κ1) is 11.0. The van der Waals surface area contributed by atoms with Crippen LogP contribution in [0.15, 0.2) is 49.1 Å². The Morgan fingerprint density at radius 2 is 1.92 bits per heavy atom. The molecule has 0 fully saturated rings. The van der Waals surface area contributed by atoms with Gasteiger partial charge in [0, 0.05) is 0 Å². The highest BCUT2D eigenvalue weighted by atomic mass is 13.9. The van der Waals surface area contributed by atoms with E-state index in [1.165, 1.54) is 6.42 Å². The van der Waals surface area contributed by atoms with E-state index < -0.39 is 0 Å². The Kier molecular flexibility index (Phi) is 7.36. The Hall–Kier alpha value is -1.04. The summed E-state index contributed by atoms with van der Waals surface area (Å²) in [5.74, 6) is 0. The van der Waals surface area contributed by atoms with Crippen LogP contribution >= 0.6 is 0 Å². The van der Waals surface area contributed by atoms with Crippen molar-refractivity contribution < 1.29 is 0 Å². The van der Waals surface area contributed by atoms with E-state index in [4.69, 9.17) is 0 Å². The second-order valence-corrected chi connectivity index (χ2v) is 2.84. The largest absolute Gasteiger partial charge is 0.0991 e. The summed E-state index contributed by atoms with van der Waals surface area (Å²) in [4.78, 5) is 0. The van der Waals surface area contributed by atoms with Crippen LogP contribution in [-0.4, -0.2) is 0 Å². The Bertz CT molecular complexity index is 182. The molecule has 0 spiro atoms. The summed E-state index contributed by atoms with van der Waals surface area (Å²) >= 11 is 0. The molecule has 66 valence electrons. The van der Waals surface area contributed by atoms with Crippen LogP contribution in [0.2, 0.25) is 0 Å². The topological polar surface area (TPSA) is 0 Å². The van der Waals surface area contributed by atoms with Crippen LogP contribution in [0.4, 0.5) is 0 Å². The highest BCUT2D eigenvalue weighted by Crippen LogP contribution is 1.99. The van der Waals surface area contributed by atoms with Crippen LogP contribution in [0, 0.1) is 0 Å². The van der Waals surface area contributed by atoms with Gasteiger partial charge in [0.05, 0.1) is 0 Å². The average Bonchev–Trinajstić information content (AvgIpc) is 2.02. The molecule has 0 heterocycles. The van der Waals surface area contributed by atoms with Gasteiger partial charge in [-0.3, -0.25) is 0 Å². The van der Waals surface area contributed by atoms with E-state index in [1.807, 2.05) is 19.1 Å². The molecule has 0 nitrogen and oxygen atoms in total. The van der Waals surface area contributed by atoms with Crippen LogP contribution in [0.3, 0.4) is 0 Å². The Labute approximate surface area is 76.0 Å². The first-order valence-corrected chi connectivity index (χ1v) is 4.37. The van der Waals surface area contributed by atoms with Gasteiger partial charge in [-0.05, 0) is 26.2 Å². The summed E-state index contributed by atoms with van der Waals surface area (Å²) in [6, 6.07) is 0. The summed E-state index contributed by atoms with van der Waals surface area (Å²) < 4.78 is 0. The normalized spacial score (nSPS) is 11.1. The smallest absolute Gasteiger partial charge is 0.0345 e. The van der Waals surface area contributed by atoms with Crippen molar-refractivity contribution in [2.45, 2.75) is 26.2 Å². The Morgan fingerprint density at radius 1 is 1.25 bits per heavy atom. The van der Waals surface area contributed by atoms with Gasteiger partial charge < -0.3 is 0 Å². The maximum Gasteiger partial charge on any atom is -0.0345 e. The number of hydrogen-bond acceptors (Lipinski definition) is 0. The summed E-state index contributed by atoms with van der Waals surface area (Å²) in [5, 5.41) is 0. The summed E-state index contributed by atoms with van der Waals surface area (Å²) in [6.07, 6.45) is 13.6. The van der Waals surface area contributed by atoms with Gasteiger partial charge >= 0.3 is 0 Å². The number of hydrogen-bond donors (Lipinski definition) is 0. The third kappa shape index (κ3) is 8.96. The Morgan fingerprint density at radius 3 is 2.50 bits per heavy atom. The van der Waals surface area contributed by atoms with E-state index in [2.05, 4.69) is 31.4 Å². The molecular weight excluding hydrogens is 144 g/mol. The standard InChI is InChI=1S/C12H18/c1-4-5-6-7-8-9-10-11-12(2)3/h4-6,10-11H,1-2,7-9H2,3H3/b6-5+,11-10+. The molecule has 12 heavy (non-hydrogen) atoms. The molecule has 0 rings (SSSR count). The minimum absolute atomic E-state index is 1.12. The zero-order valence-electron chi connectivity index (χ0n) is 7.92. The highest BCUT2D eigenvalue weighted by Gasteiger charge is 1.79. The lowest BCUT2D eigenvalue weighted by molar-refractivity contribution is 0.868. The van der Waals surface area contributed by atoms with Crippen LogP contribution in [0.25, 0.3) is 0 Å². The first-order valence-electron chi connectivity index (χ1n) is 4.37. The lowest BCUT2D eigenvalue weighted by atomic mass is 10.2. The van der Waals surface area contributed by atoms with Gasteiger partial charge in [0.2, 0.25) is 0 Å². The van der Waals surface area contributed by atoms with E-state index in [0.717, 1.165) is 18.4 Å². The van der Waals surface area contributed by atoms with E-state index >= 15 is 0 Å². The van der Waals surface area contributed by atoms with Crippen molar-refractivity contribution >= 4 is 0 Å². The minimum Gasteiger partial charge on any atom is -0.0991 e. The molecule has 0 amide bonds. The lowest BCUT2D eigenvalue weighted by Crippen LogP contribution is -1.69. The van der Waals surface area contributed by atoms with Crippen molar-refractivity contribution in [3.05, 3.63) is 49.1 Å². The van der Waals surface area contributed by atoms with E-state index in [0.29, 0.717) is 0 Å². The van der Waals surface area contributed by atoms with Crippen molar-refractivity contribution in [2.24, 2.45) is 0 Å². The zero-order chi connectivity index (χ0) is 9.23. The van der Waals surface area contributed by atoms with Crippen LogP contribution in [-0.2, 0) is 0 Å². The summed E-state index contributed by atoms with van der Waals surface area (Å²) in [7, 11) is 0. The Balaban J connectivity index is 3.26. The van der Waals surface area contributed by atoms with Gasteiger partial charge in [0.15, 0.2) is 0 Å². The van der Waals surface area contributed by atoms with Crippen molar-refractivity contribution in [2.75, 3.05) is 0 Å². The monoisotopic (exact) mass is 162 g/mol. The van der Waals surface area contributed by atoms with Crippen LogP contribution in [0.1, 0.15) is 26.2 Å². The fourth-order valence-electron chi connectivity index (χ4n) is 0.831. The minimum atomic E-state index is 1.12. The molecule has 0 saturated carbocycles. The van der Waals surface area contributed by atoms with Crippen molar-refractivity contribution in [1.29, 1.82) is 0 Å². The summed E-state index contributed by atoms with van der Waals surface area (Å²) in [6.45, 7) is 9.40. The second-order valence-electron chi connectivity index (χ2n) is 2.84. The number of allylic oxidation sites excluding steroid dienone is 6. The van der Waals surface area contributed by atoms with Gasteiger partial charge in [0.25, 0.3) is 0 Å². The molecule has 0 aliphatic heterocycles. The molecule has 0 aromatic rings. The van der Waals surface area contributed by atoms with Gasteiger partial charge in [-0.1, -0.05) is 49.1 Å². The second kappa shape index (κ2) is 8.06. The van der Waals surface area contributed by atoms with Crippen molar-refractivity contribution in [3.63, 3.8) is 0 Å². The predicted molar refractivity (Wildman–Crippen MR) is 57.1 cm³/mol. The van der Waals surface area contributed by atoms with Gasteiger partial charge in [-0.25, -0.2) is 0 Å². The molecule has 0 heteroatoms. The molecule has 0 saturated heterocycles. The van der Waals surface area contributed by atoms with E-state index in [9.17, 15) is 0 Å². The van der Waals surface area contributed by atoms with Crippen LogP contribution in [0.5, 0.6) is 0 Å². The van der Waals surface area contributed by atoms with Gasteiger partial charge in [-0.15, -0.1) is 0 Å². The quantitative estimate of drug-likeness (QED) is 0.408. The average molecular weight is 162 g/mol. The fraction of sp³-hybridized carbons (Fsp3) is 0.333. The predicted octanol–water partition coefficient (Wildman–Crippen LogP) is 4.03. The molecule has 0 aromatic carbocycles. The molecule has 0 bridgehead atoms. The third-order valence-electron chi connectivity index (χ3n) is 1.42. The van der Waals surface area contributed by atoms with E-state index in [1.54, 1.807) is 0 Å². The fourth-order valence-corrected chi connectivity index (χ4v) is 0.831. The maximum atomic E-state index is 3.79.